The van der Waals surface area contributed by atoms with Gasteiger partial charge in [-0.15, -0.1) is 6.42 Å². The first-order valence-electron chi connectivity index (χ1n) is 2.69. The average molecular weight is 163 g/mol. The molecule has 0 radical (unpaired) electrons. The number of hydrogen-bond acceptors (Lipinski definition) is 1. The molecule has 0 aliphatic carbocycles. The second-order valence-corrected chi connectivity index (χ2v) is 2.08. The van der Waals surface area contributed by atoms with Crippen LogP contribution in [0.25, 0.3) is 0 Å². The number of halogens is 2. The van der Waals surface area contributed by atoms with Gasteiger partial charge >= 0.3 is 6.09 Å². The van der Waals surface area contributed by atoms with Crippen molar-refractivity contribution in [3.05, 3.63) is 0 Å². The zero-order valence-corrected chi connectivity index (χ0v) is 5.77. The summed E-state index contributed by atoms with van der Waals surface area (Å²) in [6.45, 7) is 0.936. The molecule has 0 fully saturated rings. The lowest BCUT2D eigenvalue weighted by atomic mass is 10.1. The zero-order chi connectivity index (χ0) is 9.07. The lowest BCUT2D eigenvalue weighted by Crippen LogP contribution is -2.49. The van der Waals surface area contributed by atoms with Gasteiger partial charge in [-0.05, 0) is 6.92 Å². The van der Waals surface area contributed by atoms with Crippen molar-refractivity contribution in [1.29, 1.82) is 0 Å². The summed E-state index contributed by atoms with van der Waals surface area (Å²) in [5.74, 6) is 1.67. The van der Waals surface area contributed by atoms with E-state index in [1.54, 1.807) is 5.92 Å². The summed E-state index contributed by atoms with van der Waals surface area (Å²) in [6, 6.07) is 0. The lowest BCUT2D eigenvalue weighted by molar-refractivity contribution is 0.0708. The van der Waals surface area contributed by atoms with Gasteiger partial charge in [0.25, 0.3) is 6.43 Å². The van der Waals surface area contributed by atoms with E-state index in [1.165, 1.54) is 5.32 Å². The molecule has 0 aromatic carbocycles. The van der Waals surface area contributed by atoms with Crippen LogP contribution in [-0.2, 0) is 0 Å². The van der Waals surface area contributed by atoms with Gasteiger partial charge in [0.1, 0.15) is 0 Å². The topological polar surface area (TPSA) is 49.3 Å². The molecule has 0 heterocycles. The van der Waals surface area contributed by atoms with E-state index in [-0.39, 0.29) is 0 Å². The second kappa shape index (κ2) is 3.19. The van der Waals surface area contributed by atoms with E-state index in [0.717, 1.165) is 6.92 Å². The molecule has 62 valence electrons. The first kappa shape index (κ1) is 9.69. The Labute approximate surface area is 62.4 Å². The Morgan fingerprint density at radius 1 is 1.82 bits per heavy atom. The molecule has 0 spiro atoms. The number of amides is 1. The minimum absolute atomic E-state index is 0.936. The van der Waals surface area contributed by atoms with E-state index < -0.39 is 18.1 Å². The van der Waals surface area contributed by atoms with E-state index in [4.69, 9.17) is 11.5 Å². The van der Waals surface area contributed by atoms with E-state index in [9.17, 15) is 13.6 Å². The van der Waals surface area contributed by atoms with Crippen molar-refractivity contribution in [1.82, 2.24) is 5.32 Å². The van der Waals surface area contributed by atoms with Crippen LogP contribution in [0.15, 0.2) is 0 Å². The Morgan fingerprint density at radius 2 is 2.27 bits per heavy atom. The third-order valence-electron chi connectivity index (χ3n) is 1.10. The molecular formula is C6H7F2NO2. The largest absolute Gasteiger partial charge is 0.465 e. The van der Waals surface area contributed by atoms with Crippen LogP contribution in [0, 0.1) is 12.3 Å². The molecule has 0 rings (SSSR count). The van der Waals surface area contributed by atoms with Crippen LogP contribution in [0.4, 0.5) is 13.6 Å². The Bertz CT molecular complexity index is 199. The van der Waals surface area contributed by atoms with Crippen LogP contribution in [0.1, 0.15) is 6.92 Å². The molecule has 1 atom stereocenters. The molecule has 2 N–H and O–H groups in total. The van der Waals surface area contributed by atoms with E-state index in [2.05, 4.69) is 0 Å². The maximum atomic E-state index is 12.0. The molecule has 0 saturated heterocycles. The SMILES string of the molecule is C#CC(C)(NC(=O)O)C(F)F. The number of nitrogens with one attached hydrogen (secondary N) is 1. The second-order valence-electron chi connectivity index (χ2n) is 2.08. The fourth-order valence-electron chi connectivity index (χ4n) is 0.376. The standard InChI is InChI=1S/C6H7F2NO2/c1-3-6(2,4(7)8)9-5(10)11/h1,4,9H,2H3,(H,10,11). The highest BCUT2D eigenvalue weighted by molar-refractivity contribution is 5.66. The minimum Gasteiger partial charge on any atom is -0.465 e. The molecule has 5 heteroatoms. The van der Waals surface area contributed by atoms with Gasteiger partial charge in [0.05, 0.1) is 0 Å². The molecule has 0 saturated carbocycles. The van der Waals surface area contributed by atoms with Crippen LogP contribution < -0.4 is 5.32 Å². The molecule has 3 nitrogen and oxygen atoms in total. The number of rotatable bonds is 2. The van der Waals surface area contributed by atoms with Gasteiger partial charge in [-0.1, -0.05) is 5.92 Å². The van der Waals surface area contributed by atoms with Crippen molar-refractivity contribution >= 4 is 6.09 Å². The lowest BCUT2D eigenvalue weighted by Gasteiger charge is -2.21. The van der Waals surface area contributed by atoms with Gasteiger partial charge in [0.15, 0.2) is 5.54 Å². The van der Waals surface area contributed by atoms with Crippen molar-refractivity contribution in [2.75, 3.05) is 0 Å². The summed E-state index contributed by atoms with van der Waals surface area (Å²) in [5, 5.41) is 9.62. The maximum Gasteiger partial charge on any atom is 0.406 e. The molecule has 0 aromatic rings. The predicted octanol–water partition coefficient (Wildman–Crippen LogP) is 0.911. The van der Waals surface area contributed by atoms with Crippen LogP contribution in [-0.4, -0.2) is 23.2 Å². The van der Waals surface area contributed by atoms with Crippen molar-refractivity contribution < 1.29 is 18.7 Å². The highest BCUT2D eigenvalue weighted by Gasteiger charge is 2.34. The number of hydrogen-bond donors (Lipinski definition) is 2. The smallest absolute Gasteiger partial charge is 0.406 e. The van der Waals surface area contributed by atoms with Gasteiger partial charge in [-0.2, -0.15) is 0 Å². The summed E-state index contributed by atoms with van der Waals surface area (Å²) >= 11 is 0. The summed E-state index contributed by atoms with van der Waals surface area (Å²) in [4.78, 5) is 9.94. The Kier molecular flexibility index (Phi) is 2.81. The fourth-order valence-corrected chi connectivity index (χ4v) is 0.376. The first-order valence-corrected chi connectivity index (χ1v) is 2.69. The highest BCUT2D eigenvalue weighted by Crippen LogP contribution is 2.13. The molecule has 1 amide bonds. The van der Waals surface area contributed by atoms with Gasteiger partial charge in [-0.3, -0.25) is 5.32 Å². The number of alkyl halides is 2. The first-order chi connectivity index (χ1) is 4.92. The van der Waals surface area contributed by atoms with E-state index >= 15 is 0 Å². The highest BCUT2D eigenvalue weighted by atomic mass is 19.3. The Balaban J connectivity index is 4.38. The minimum atomic E-state index is -2.91. The molecule has 1 unspecified atom stereocenters. The van der Waals surface area contributed by atoms with E-state index in [0.29, 0.717) is 0 Å². The van der Waals surface area contributed by atoms with Crippen molar-refractivity contribution in [2.24, 2.45) is 0 Å². The predicted molar refractivity (Wildman–Crippen MR) is 34.4 cm³/mol. The average Bonchev–Trinajstić information content (AvgIpc) is 1.86. The van der Waals surface area contributed by atoms with Gasteiger partial charge in [0.2, 0.25) is 0 Å². The molecular weight excluding hydrogens is 156 g/mol. The van der Waals surface area contributed by atoms with Gasteiger partial charge in [0, 0.05) is 0 Å². The van der Waals surface area contributed by atoms with Crippen molar-refractivity contribution in [3.63, 3.8) is 0 Å². The number of terminal acetylenes is 1. The van der Waals surface area contributed by atoms with Crippen molar-refractivity contribution in [2.45, 2.75) is 18.9 Å². The Hall–Kier alpha value is -1.31. The Morgan fingerprint density at radius 3 is 2.36 bits per heavy atom. The van der Waals surface area contributed by atoms with Crippen molar-refractivity contribution in [3.8, 4) is 12.3 Å². The summed E-state index contributed by atoms with van der Waals surface area (Å²) < 4.78 is 24.0. The summed E-state index contributed by atoms with van der Waals surface area (Å²) in [5.41, 5.74) is -2.09. The summed E-state index contributed by atoms with van der Waals surface area (Å²) in [6.07, 6.45) is 0.223. The number of carbonyl (C=O) groups is 1. The quantitative estimate of drug-likeness (QED) is 0.594. The molecule has 0 aliphatic heterocycles. The van der Waals surface area contributed by atoms with Gasteiger partial charge in [-0.25, -0.2) is 13.6 Å². The third-order valence-corrected chi connectivity index (χ3v) is 1.10. The maximum absolute atomic E-state index is 12.0. The van der Waals surface area contributed by atoms with Crippen LogP contribution in [0.5, 0.6) is 0 Å². The molecule has 0 aliphatic rings. The fraction of sp³-hybridized carbons (Fsp3) is 0.500. The number of carboxylic acid groups (broad SMARTS) is 1. The zero-order valence-electron chi connectivity index (χ0n) is 5.77. The van der Waals surface area contributed by atoms with Crippen LogP contribution in [0.2, 0.25) is 0 Å². The van der Waals surface area contributed by atoms with E-state index in [1.807, 2.05) is 0 Å². The normalized spacial score (nSPS) is 15.2. The van der Waals surface area contributed by atoms with Crippen LogP contribution >= 0.6 is 0 Å². The summed E-state index contributed by atoms with van der Waals surface area (Å²) in [7, 11) is 0. The monoisotopic (exact) mass is 163 g/mol. The molecule has 0 aromatic heterocycles. The molecule has 0 bridgehead atoms. The molecule has 11 heavy (non-hydrogen) atoms. The van der Waals surface area contributed by atoms with Gasteiger partial charge < -0.3 is 5.11 Å². The van der Waals surface area contributed by atoms with Crippen LogP contribution in [0.3, 0.4) is 0 Å². The third kappa shape index (κ3) is 2.42.